The molecule has 2 nitrogen and oxygen atoms in total. The number of hydrogen-bond donors (Lipinski definition) is 1. The number of morpholine rings is 1. The van der Waals surface area contributed by atoms with Crippen molar-refractivity contribution in [3.8, 4) is 0 Å². The molecule has 0 amide bonds. The molecule has 1 spiro atoms. The Morgan fingerprint density at radius 1 is 1.28 bits per heavy atom. The molecule has 0 radical (unpaired) electrons. The maximum atomic E-state index is 6.50. The summed E-state index contributed by atoms with van der Waals surface area (Å²) in [7, 11) is 0. The van der Waals surface area contributed by atoms with Crippen LogP contribution in [0.5, 0.6) is 0 Å². The number of thiophene rings is 1. The van der Waals surface area contributed by atoms with E-state index in [0.717, 1.165) is 13.1 Å². The van der Waals surface area contributed by atoms with Crippen LogP contribution < -0.4 is 5.32 Å². The van der Waals surface area contributed by atoms with Crippen LogP contribution in [0, 0.1) is 5.41 Å². The van der Waals surface area contributed by atoms with Crippen LogP contribution in [0.3, 0.4) is 0 Å². The Morgan fingerprint density at radius 2 is 2.06 bits per heavy atom. The number of rotatable bonds is 1. The second-order valence-electron chi connectivity index (χ2n) is 6.64. The van der Waals surface area contributed by atoms with Crippen LogP contribution in [-0.2, 0) is 4.74 Å². The molecule has 100 valence electrons. The quantitative estimate of drug-likeness (QED) is 0.835. The van der Waals surface area contributed by atoms with Crippen LogP contribution >= 0.6 is 11.3 Å². The summed E-state index contributed by atoms with van der Waals surface area (Å²) in [5, 5.41) is 7.95. The molecule has 3 heteroatoms. The van der Waals surface area contributed by atoms with Gasteiger partial charge >= 0.3 is 0 Å². The van der Waals surface area contributed by atoms with Crippen molar-refractivity contribution in [2.45, 2.75) is 51.2 Å². The maximum Gasteiger partial charge on any atom is 0.0965 e. The predicted molar refractivity (Wildman–Crippen MR) is 76.0 cm³/mol. The van der Waals surface area contributed by atoms with Crippen LogP contribution in [0.25, 0.3) is 0 Å². The minimum absolute atomic E-state index is 0.0976. The van der Waals surface area contributed by atoms with E-state index in [1.807, 2.05) is 0 Å². The molecule has 1 aliphatic heterocycles. The highest BCUT2D eigenvalue weighted by Gasteiger charge is 2.42. The highest BCUT2D eigenvalue weighted by molar-refractivity contribution is 7.07. The Bertz CT molecular complexity index is 389. The van der Waals surface area contributed by atoms with Gasteiger partial charge in [-0.15, -0.1) is 0 Å². The molecular formula is C15H23NOS. The lowest BCUT2D eigenvalue weighted by atomic mass is 9.70. The molecule has 1 aromatic rings. The van der Waals surface area contributed by atoms with Gasteiger partial charge in [0.05, 0.1) is 11.7 Å². The number of hydrogen-bond acceptors (Lipinski definition) is 3. The molecule has 1 saturated carbocycles. The van der Waals surface area contributed by atoms with Crippen LogP contribution in [0.15, 0.2) is 16.8 Å². The summed E-state index contributed by atoms with van der Waals surface area (Å²) in [5.74, 6) is 0. The molecule has 0 bridgehead atoms. The van der Waals surface area contributed by atoms with Crippen molar-refractivity contribution in [3.05, 3.63) is 22.4 Å². The summed E-state index contributed by atoms with van der Waals surface area (Å²) in [6.07, 6.45) is 5.23. The Balaban J connectivity index is 1.71. The van der Waals surface area contributed by atoms with Crippen molar-refractivity contribution < 1.29 is 4.74 Å². The van der Waals surface area contributed by atoms with Crippen molar-refractivity contribution >= 4 is 11.3 Å². The van der Waals surface area contributed by atoms with Gasteiger partial charge in [-0.05, 0) is 53.5 Å². The molecule has 1 aliphatic carbocycles. The molecule has 1 N–H and O–H groups in total. The zero-order valence-electron chi connectivity index (χ0n) is 11.4. The van der Waals surface area contributed by atoms with Crippen molar-refractivity contribution in [1.29, 1.82) is 0 Å². The second-order valence-corrected chi connectivity index (χ2v) is 7.42. The molecule has 2 fully saturated rings. The van der Waals surface area contributed by atoms with E-state index in [2.05, 4.69) is 36.0 Å². The lowest BCUT2D eigenvalue weighted by molar-refractivity contribution is -0.147. The smallest absolute Gasteiger partial charge is 0.0965 e. The van der Waals surface area contributed by atoms with Gasteiger partial charge in [-0.25, -0.2) is 0 Å². The van der Waals surface area contributed by atoms with Crippen molar-refractivity contribution in [2.75, 3.05) is 13.1 Å². The second kappa shape index (κ2) is 4.62. The van der Waals surface area contributed by atoms with Gasteiger partial charge in [0.1, 0.15) is 0 Å². The zero-order chi connectivity index (χ0) is 12.6. The van der Waals surface area contributed by atoms with Gasteiger partial charge in [0, 0.05) is 13.1 Å². The molecule has 1 saturated heterocycles. The van der Waals surface area contributed by atoms with Gasteiger partial charge in [0.25, 0.3) is 0 Å². The molecule has 2 aliphatic rings. The average Bonchev–Trinajstić information content (AvgIpc) is 2.88. The van der Waals surface area contributed by atoms with E-state index >= 15 is 0 Å². The fourth-order valence-corrected chi connectivity index (χ4v) is 3.84. The third-order valence-corrected chi connectivity index (χ3v) is 5.30. The summed E-state index contributed by atoms with van der Waals surface area (Å²) in [4.78, 5) is 0. The van der Waals surface area contributed by atoms with Gasteiger partial charge in [-0.3, -0.25) is 0 Å². The minimum Gasteiger partial charge on any atom is -0.364 e. The Kier molecular flexibility index (Phi) is 3.25. The summed E-state index contributed by atoms with van der Waals surface area (Å²) in [6, 6.07) is 2.20. The van der Waals surface area contributed by atoms with E-state index in [9.17, 15) is 0 Å². The lowest BCUT2D eigenvalue weighted by Crippen LogP contribution is -2.53. The van der Waals surface area contributed by atoms with Gasteiger partial charge in [-0.1, -0.05) is 13.8 Å². The third kappa shape index (κ3) is 2.49. The molecular weight excluding hydrogens is 242 g/mol. The molecule has 18 heavy (non-hydrogen) atoms. The first-order valence-electron chi connectivity index (χ1n) is 6.99. The summed E-state index contributed by atoms with van der Waals surface area (Å²) >= 11 is 1.76. The first-order chi connectivity index (χ1) is 8.59. The van der Waals surface area contributed by atoms with Gasteiger partial charge in [0.15, 0.2) is 0 Å². The SMILES string of the molecule is CC1(C)CCC2(CC1)CNCC(c1ccsc1)O2. The Hall–Kier alpha value is -0.380. The monoisotopic (exact) mass is 265 g/mol. The van der Waals surface area contributed by atoms with Gasteiger partial charge < -0.3 is 10.1 Å². The van der Waals surface area contributed by atoms with Crippen molar-refractivity contribution in [3.63, 3.8) is 0 Å². The van der Waals surface area contributed by atoms with Crippen LogP contribution in [0.1, 0.15) is 51.2 Å². The van der Waals surface area contributed by atoms with Crippen LogP contribution in [-0.4, -0.2) is 18.7 Å². The van der Waals surface area contributed by atoms with E-state index < -0.39 is 0 Å². The lowest BCUT2D eigenvalue weighted by Gasteiger charge is -2.48. The fraction of sp³-hybridized carbons (Fsp3) is 0.733. The van der Waals surface area contributed by atoms with Crippen molar-refractivity contribution in [1.82, 2.24) is 5.32 Å². The molecule has 1 aromatic heterocycles. The summed E-state index contributed by atoms with van der Waals surface area (Å²) in [6.45, 7) is 6.75. The molecule has 2 heterocycles. The van der Waals surface area contributed by atoms with E-state index in [0.29, 0.717) is 5.41 Å². The largest absolute Gasteiger partial charge is 0.364 e. The van der Waals surface area contributed by atoms with E-state index in [-0.39, 0.29) is 11.7 Å². The Labute approximate surface area is 114 Å². The van der Waals surface area contributed by atoms with Gasteiger partial charge in [0.2, 0.25) is 0 Å². The first kappa shape index (κ1) is 12.6. The van der Waals surface area contributed by atoms with E-state index in [1.165, 1.54) is 31.2 Å². The average molecular weight is 265 g/mol. The highest BCUT2D eigenvalue weighted by Crippen LogP contribution is 2.44. The number of ether oxygens (including phenoxy) is 1. The summed E-state index contributed by atoms with van der Waals surface area (Å²) < 4.78 is 6.50. The third-order valence-electron chi connectivity index (χ3n) is 4.60. The maximum absolute atomic E-state index is 6.50. The minimum atomic E-state index is 0.0976. The van der Waals surface area contributed by atoms with E-state index in [1.54, 1.807) is 11.3 Å². The molecule has 3 rings (SSSR count). The highest BCUT2D eigenvalue weighted by atomic mass is 32.1. The van der Waals surface area contributed by atoms with Crippen LogP contribution in [0.4, 0.5) is 0 Å². The zero-order valence-corrected chi connectivity index (χ0v) is 12.2. The number of nitrogens with one attached hydrogen (secondary N) is 1. The van der Waals surface area contributed by atoms with Crippen molar-refractivity contribution in [2.24, 2.45) is 5.41 Å². The Morgan fingerprint density at radius 3 is 2.72 bits per heavy atom. The standard InChI is InChI=1S/C15H23NOS/c1-14(2)4-6-15(7-5-14)11-16-9-13(17-15)12-3-8-18-10-12/h3,8,10,13,16H,4-7,9,11H2,1-2H3. The molecule has 1 atom stereocenters. The summed E-state index contributed by atoms with van der Waals surface area (Å²) in [5.41, 5.74) is 1.95. The van der Waals surface area contributed by atoms with E-state index in [4.69, 9.17) is 4.74 Å². The first-order valence-corrected chi connectivity index (χ1v) is 7.94. The topological polar surface area (TPSA) is 21.3 Å². The molecule has 1 unspecified atom stereocenters. The van der Waals surface area contributed by atoms with Gasteiger partial charge in [-0.2, -0.15) is 11.3 Å². The normalized spacial score (nSPS) is 30.4. The fourth-order valence-electron chi connectivity index (χ4n) is 3.14. The van der Waals surface area contributed by atoms with Crippen LogP contribution in [0.2, 0.25) is 0 Å². The predicted octanol–water partition coefficient (Wildman–Crippen LogP) is 3.75. The molecule has 0 aromatic carbocycles.